The van der Waals surface area contributed by atoms with Gasteiger partial charge in [-0.15, -0.1) is 0 Å². The molecule has 2 heterocycles. The molecular weight excluding hydrogens is 440 g/mol. The zero-order valence-electron chi connectivity index (χ0n) is 13.3. The molecule has 3 rings (SSSR count). The molecule has 0 amide bonds. The molecule has 0 saturated heterocycles. The van der Waals surface area contributed by atoms with Crippen LogP contribution >= 0.6 is 22.6 Å². The Balaban J connectivity index is 2.26. The summed E-state index contributed by atoms with van der Waals surface area (Å²) in [7, 11) is 1.53. The largest absolute Gasteiger partial charge is 0.352 e. The lowest BCUT2D eigenvalue weighted by atomic mass is 10.2. The predicted molar refractivity (Wildman–Crippen MR) is 103 cm³/mol. The Hall–Kier alpha value is -2.27. The number of nitrogens with two attached hydrogens (primary N) is 1. The van der Waals surface area contributed by atoms with Gasteiger partial charge in [0.25, 0.3) is 11.1 Å². The number of hydrogen-bond acceptors (Lipinski definition) is 5. The average molecular weight is 455 g/mol. The van der Waals surface area contributed by atoms with Crippen LogP contribution in [0.25, 0.3) is 11.0 Å². The Labute approximate surface area is 155 Å². The van der Waals surface area contributed by atoms with Crippen molar-refractivity contribution >= 4 is 45.0 Å². The number of hydrogen-bond donors (Lipinski definition) is 2. The van der Waals surface area contributed by atoms with Gasteiger partial charge in [-0.2, -0.15) is 0 Å². The van der Waals surface area contributed by atoms with Crippen LogP contribution < -0.4 is 22.2 Å². The van der Waals surface area contributed by atoms with Gasteiger partial charge >= 0.3 is 0 Å². The number of aromatic nitrogens is 3. The van der Waals surface area contributed by atoms with Gasteiger partial charge in [-0.05, 0) is 40.8 Å². The molecular formula is C16H15FIN5O2. The van der Waals surface area contributed by atoms with Gasteiger partial charge in [-0.25, -0.2) is 9.37 Å². The van der Waals surface area contributed by atoms with Crippen molar-refractivity contribution in [2.45, 2.75) is 6.54 Å². The fourth-order valence-corrected chi connectivity index (χ4v) is 2.95. The molecule has 0 aliphatic heterocycles. The highest BCUT2D eigenvalue weighted by molar-refractivity contribution is 14.1. The quantitative estimate of drug-likeness (QED) is 0.583. The zero-order valence-corrected chi connectivity index (χ0v) is 15.4. The molecule has 0 fully saturated rings. The van der Waals surface area contributed by atoms with Crippen molar-refractivity contribution in [3.05, 3.63) is 60.7 Å². The first-order valence-corrected chi connectivity index (χ1v) is 8.51. The van der Waals surface area contributed by atoms with Crippen LogP contribution in [0.15, 0.2) is 40.2 Å². The lowest BCUT2D eigenvalue weighted by Crippen LogP contribution is -2.28. The van der Waals surface area contributed by atoms with E-state index < -0.39 is 5.82 Å². The molecule has 0 aliphatic carbocycles. The molecule has 0 spiro atoms. The third-order valence-corrected chi connectivity index (χ3v) is 4.44. The highest BCUT2D eigenvalue weighted by atomic mass is 127. The third kappa shape index (κ3) is 3.29. The number of fused-ring (bicyclic) bond motifs is 1. The number of rotatable bonds is 4. The Kier molecular flexibility index (Phi) is 4.86. The number of anilines is 2. The number of halogens is 2. The van der Waals surface area contributed by atoms with Crippen LogP contribution in [0, 0.1) is 9.39 Å². The smallest absolute Gasteiger partial charge is 0.264 e. The van der Waals surface area contributed by atoms with Crippen molar-refractivity contribution in [1.29, 1.82) is 0 Å². The summed E-state index contributed by atoms with van der Waals surface area (Å²) in [5.74, 6) is -0.480. The Bertz CT molecular complexity index is 1080. The number of nitrogens with zero attached hydrogens (tertiary/aromatic N) is 3. The first-order valence-electron chi connectivity index (χ1n) is 7.43. The summed E-state index contributed by atoms with van der Waals surface area (Å²) < 4.78 is 17.5. The fraction of sp³-hybridized carbons (Fsp3) is 0.188. The van der Waals surface area contributed by atoms with Crippen LogP contribution in [0.1, 0.15) is 0 Å². The number of benzene rings is 1. The Morgan fingerprint density at radius 1 is 1.28 bits per heavy atom. The van der Waals surface area contributed by atoms with Gasteiger partial charge in [0.1, 0.15) is 11.2 Å². The van der Waals surface area contributed by atoms with Crippen LogP contribution in [0.3, 0.4) is 0 Å². The van der Waals surface area contributed by atoms with Gasteiger partial charge < -0.3 is 11.1 Å². The van der Waals surface area contributed by atoms with Gasteiger partial charge in [0.2, 0.25) is 0 Å². The standard InChI is InChI=1S/C16H15FIN5O2/c1-22-13(24)7-12(21-11-3-2-9(18)6-10(11)17)14-15(22)20-8-23(5-4-19)16(14)25/h2-3,6-8,21H,4-5,19H2,1H3. The van der Waals surface area contributed by atoms with Crippen molar-refractivity contribution in [2.24, 2.45) is 12.8 Å². The minimum atomic E-state index is -0.480. The van der Waals surface area contributed by atoms with E-state index in [-0.39, 0.29) is 40.1 Å². The normalized spacial score (nSPS) is 11.0. The van der Waals surface area contributed by atoms with E-state index in [1.165, 1.54) is 34.6 Å². The molecule has 0 radical (unpaired) electrons. The van der Waals surface area contributed by atoms with Crippen molar-refractivity contribution in [3.63, 3.8) is 0 Å². The van der Waals surface area contributed by atoms with Crippen LogP contribution in [0.2, 0.25) is 0 Å². The van der Waals surface area contributed by atoms with Crippen molar-refractivity contribution < 1.29 is 4.39 Å². The molecule has 0 aliphatic rings. The summed E-state index contributed by atoms with van der Waals surface area (Å²) in [6.07, 6.45) is 1.35. The third-order valence-electron chi connectivity index (χ3n) is 3.77. The van der Waals surface area contributed by atoms with Crippen molar-refractivity contribution in [3.8, 4) is 0 Å². The monoisotopic (exact) mass is 455 g/mol. The van der Waals surface area contributed by atoms with E-state index >= 15 is 0 Å². The molecule has 25 heavy (non-hydrogen) atoms. The van der Waals surface area contributed by atoms with E-state index in [4.69, 9.17) is 5.73 Å². The molecule has 0 atom stereocenters. The van der Waals surface area contributed by atoms with Gasteiger partial charge in [0.15, 0.2) is 5.65 Å². The predicted octanol–water partition coefficient (Wildman–Crippen LogP) is 1.54. The number of pyridine rings is 1. The summed E-state index contributed by atoms with van der Waals surface area (Å²) >= 11 is 2.00. The summed E-state index contributed by atoms with van der Waals surface area (Å²) in [5.41, 5.74) is 5.41. The molecule has 0 saturated carbocycles. The molecule has 3 aromatic rings. The lowest BCUT2D eigenvalue weighted by molar-refractivity contribution is 0.631. The van der Waals surface area contributed by atoms with E-state index in [9.17, 15) is 14.0 Å². The van der Waals surface area contributed by atoms with Gasteiger partial charge in [0.05, 0.1) is 17.7 Å². The molecule has 2 aromatic heterocycles. The molecule has 3 N–H and O–H groups in total. The molecule has 9 heteroatoms. The molecule has 0 unspecified atom stereocenters. The molecule has 0 bridgehead atoms. The highest BCUT2D eigenvalue weighted by Gasteiger charge is 2.15. The highest BCUT2D eigenvalue weighted by Crippen LogP contribution is 2.24. The van der Waals surface area contributed by atoms with E-state index in [2.05, 4.69) is 10.3 Å². The second kappa shape index (κ2) is 6.92. The van der Waals surface area contributed by atoms with Crippen LogP contribution in [0.5, 0.6) is 0 Å². The second-order valence-electron chi connectivity index (χ2n) is 5.43. The summed E-state index contributed by atoms with van der Waals surface area (Å²) in [4.78, 5) is 29.1. The van der Waals surface area contributed by atoms with E-state index in [0.717, 1.165) is 3.57 Å². The summed E-state index contributed by atoms with van der Waals surface area (Å²) in [6.45, 7) is 0.565. The van der Waals surface area contributed by atoms with Crippen LogP contribution in [0.4, 0.5) is 15.8 Å². The molecule has 130 valence electrons. The first kappa shape index (κ1) is 17.5. The maximum absolute atomic E-state index is 14.2. The minimum Gasteiger partial charge on any atom is -0.352 e. The lowest BCUT2D eigenvalue weighted by Gasteiger charge is -2.13. The minimum absolute atomic E-state index is 0.170. The van der Waals surface area contributed by atoms with Crippen LogP contribution in [-0.2, 0) is 13.6 Å². The topological polar surface area (TPSA) is 94.9 Å². The van der Waals surface area contributed by atoms with Gasteiger partial charge in [-0.1, -0.05) is 0 Å². The Morgan fingerprint density at radius 2 is 2.04 bits per heavy atom. The summed E-state index contributed by atoms with van der Waals surface area (Å²) in [6, 6.07) is 5.89. The van der Waals surface area contributed by atoms with E-state index in [1.807, 2.05) is 22.6 Å². The molecule has 1 aromatic carbocycles. The van der Waals surface area contributed by atoms with Crippen molar-refractivity contribution in [1.82, 2.24) is 14.1 Å². The maximum atomic E-state index is 14.2. The second-order valence-corrected chi connectivity index (χ2v) is 6.68. The fourth-order valence-electron chi connectivity index (χ4n) is 2.50. The molecule has 7 nitrogen and oxygen atoms in total. The van der Waals surface area contributed by atoms with Crippen LogP contribution in [-0.4, -0.2) is 20.7 Å². The number of nitrogens with one attached hydrogen (secondary N) is 1. The SMILES string of the molecule is Cn1c(=O)cc(Nc2ccc(I)cc2F)c2c(=O)n(CCN)cnc21. The summed E-state index contributed by atoms with van der Waals surface area (Å²) in [5, 5.41) is 3.05. The van der Waals surface area contributed by atoms with Gasteiger partial charge in [-0.3, -0.25) is 18.7 Å². The number of aryl methyl sites for hydroxylation is 1. The maximum Gasteiger partial charge on any atom is 0.264 e. The van der Waals surface area contributed by atoms with Gasteiger partial charge in [0, 0.05) is 29.8 Å². The first-order chi connectivity index (χ1) is 11.9. The average Bonchev–Trinajstić information content (AvgIpc) is 2.57. The van der Waals surface area contributed by atoms with E-state index in [1.54, 1.807) is 12.1 Å². The Morgan fingerprint density at radius 3 is 2.72 bits per heavy atom. The van der Waals surface area contributed by atoms with Crippen molar-refractivity contribution in [2.75, 3.05) is 11.9 Å². The zero-order chi connectivity index (χ0) is 18.1. The van der Waals surface area contributed by atoms with E-state index in [0.29, 0.717) is 6.54 Å².